The number of rotatable bonds is 8. The molecule has 0 spiro atoms. The van der Waals surface area contributed by atoms with E-state index < -0.39 is 23.8 Å². The fourth-order valence-electron chi connectivity index (χ4n) is 4.20. The van der Waals surface area contributed by atoms with Crippen LogP contribution < -0.4 is 5.32 Å². The first kappa shape index (κ1) is 27.5. The van der Waals surface area contributed by atoms with Gasteiger partial charge in [0.05, 0.1) is 35.9 Å². The van der Waals surface area contributed by atoms with Gasteiger partial charge in [0.15, 0.2) is 5.17 Å². The van der Waals surface area contributed by atoms with Gasteiger partial charge < -0.3 is 15.0 Å². The summed E-state index contributed by atoms with van der Waals surface area (Å²) in [4.78, 5) is 32.7. The molecule has 0 bridgehead atoms. The lowest BCUT2D eigenvalue weighted by molar-refractivity contribution is -0.139. The molecule has 0 saturated heterocycles. The van der Waals surface area contributed by atoms with E-state index in [4.69, 9.17) is 9.73 Å². The van der Waals surface area contributed by atoms with Crippen LogP contribution >= 0.6 is 11.8 Å². The molecular formula is C28H28F3N3O3S. The standard InChI is InChI=1S/C28H28F3N3O3S/c1-4-37-26(36)23-24(18-8-6-5-7-9-18)33-27-34(21(16-38-27)14-22(35)32-15-17(2)3)25(23)19-10-12-20(13-11-19)28(29,30)31/h5-13,16-17,25H,4,14-15H2,1-3H3,(H,32,35)/t25-/m1/s1. The Morgan fingerprint density at radius 1 is 1.11 bits per heavy atom. The van der Waals surface area contributed by atoms with Crippen molar-refractivity contribution in [2.75, 3.05) is 13.2 Å². The zero-order valence-electron chi connectivity index (χ0n) is 21.2. The Balaban J connectivity index is 1.84. The average molecular weight is 544 g/mol. The number of esters is 1. The molecule has 0 unspecified atom stereocenters. The van der Waals surface area contributed by atoms with Crippen LogP contribution in [0.25, 0.3) is 5.70 Å². The Morgan fingerprint density at radius 3 is 2.39 bits per heavy atom. The van der Waals surface area contributed by atoms with Crippen LogP contribution in [0.3, 0.4) is 0 Å². The van der Waals surface area contributed by atoms with Gasteiger partial charge in [-0.15, -0.1) is 0 Å². The van der Waals surface area contributed by atoms with Gasteiger partial charge in [0.2, 0.25) is 5.91 Å². The van der Waals surface area contributed by atoms with Crippen molar-refractivity contribution in [1.82, 2.24) is 10.2 Å². The molecule has 10 heteroatoms. The number of amides is 1. The number of hydrogen-bond acceptors (Lipinski definition) is 6. The smallest absolute Gasteiger partial charge is 0.416 e. The molecule has 2 aliphatic heterocycles. The largest absolute Gasteiger partial charge is 0.463 e. The van der Waals surface area contributed by atoms with Crippen molar-refractivity contribution in [2.45, 2.75) is 39.4 Å². The number of thioether (sulfide) groups is 1. The number of fused-ring (bicyclic) bond motifs is 1. The average Bonchev–Trinajstić information content (AvgIpc) is 3.28. The predicted octanol–water partition coefficient (Wildman–Crippen LogP) is 6.14. The van der Waals surface area contributed by atoms with E-state index >= 15 is 0 Å². The van der Waals surface area contributed by atoms with E-state index in [1.165, 1.54) is 23.9 Å². The Morgan fingerprint density at radius 2 is 1.79 bits per heavy atom. The number of hydrogen-bond donors (Lipinski definition) is 1. The molecule has 200 valence electrons. The second kappa shape index (κ2) is 11.5. The molecule has 4 rings (SSSR count). The van der Waals surface area contributed by atoms with Crippen molar-refractivity contribution in [3.05, 3.63) is 88.0 Å². The number of aliphatic imine (C=N–C) groups is 1. The van der Waals surface area contributed by atoms with Crippen LogP contribution in [0.2, 0.25) is 0 Å². The summed E-state index contributed by atoms with van der Waals surface area (Å²) in [5.41, 5.74) is 1.48. The van der Waals surface area contributed by atoms with Gasteiger partial charge in [-0.05, 0) is 35.9 Å². The zero-order valence-corrected chi connectivity index (χ0v) is 22.0. The lowest BCUT2D eigenvalue weighted by atomic mass is 9.91. The Labute approximate surface area is 223 Å². The number of ether oxygens (including phenoxy) is 1. The number of nitrogens with zero attached hydrogens (tertiary/aromatic N) is 2. The number of carbonyl (C=O) groups is 2. The molecule has 6 nitrogen and oxygen atoms in total. The number of benzene rings is 2. The summed E-state index contributed by atoms with van der Waals surface area (Å²) in [6.45, 7) is 6.27. The molecule has 0 fully saturated rings. The van der Waals surface area contributed by atoms with E-state index in [9.17, 15) is 22.8 Å². The van der Waals surface area contributed by atoms with Crippen molar-refractivity contribution in [3.8, 4) is 0 Å². The maximum Gasteiger partial charge on any atom is 0.416 e. The molecule has 2 aliphatic rings. The minimum atomic E-state index is -4.50. The maximum atomic E-state index is 13.4. The van der Waals surface area contributed by atoms with Crippen molar-refractivity contribution in [2.24, 2.45) is 10.9 Å². The summed E-state index contributed by atoms with van der Waals surface area (Å²) in [5, 5.41) is 5.20. The number of nitrogens with one attached hydrogen (secondary N) is 1. The van der Waals surface area contributed by atoms with E-state index in [1.807, 2.05) is 44.2 Å². The van der Waals surface area contributed by atoms with Crippen LogP contribution in [0.4, 0.5) is 13.2 Å². The molecule has 0 saturated carbocycles. The highest BCUT2D eigenvalue weighted by Crippen LogP contribution is 2.47. The van der Waals surface area contributed by atoms with Crippen LogP contribution in [-0.2, 0) is 20.5 Å². The van der Waals surface area contributed by atoms with Gasteiger partial charge >= 0.3 is 12.1 Å². The molecule has 1 atom stereocenters. The maximum absolute atomic E-state index is 13.4. The normalized spacial score (nSPS) is 17.2. The fourth-order valence-corrected chi connectivity index (χ4v) is 5.12. The van der Waals surface area contributed by atoms with Crippen LogP contribution in [0.1, 0.15) is 49.9 Å². The Hall–Kier alpha value is -3.53. The van der Waals surface area contributed by atoms with Crippen molar-refractivity contribution >= 4 is 34.5 Å². The summed E-state index contributed by atoms with van der Waals surface area (Å²) < 4.78 is 45.4. The molecule has 0 aliphatic carbocycles. The summed E-state index contributed by atoms with van der Waals surface area (Å²) >= 11 is 1.30. The second-order valence-electron chi connectivity index (χ2n) is 9.24. The van der Waals surface area contributed by atoms with E-state index in [1.54, 1.807) is 17.2 Å². The highest BCUT2D eigenvalue weighted by atomic mass is 32.2. The minimum Gasteiger partial charge on any atom is -0.463 e. The first-order chi connectivity index (χ1) is 18.1. The van der Waals surface area contributed by atoms with E-state index in [0.29, 0.717) is 34.2 Å². The van der Waals surface area contributed by atoms with Gasteiger partial charge in [-0.3, -0.25) is 4.79 Å². The molecule has 2 aromatic carbocycles. The zero-order chi connectivity index (χ0) is 27.4. The number of halogens is 3. The lowest BCUT2D eigenvalue weighted by Crippen LogP contribution is -2.38. The second-order valence-corrected chi connectivity index (χ2v) is 10.1. The first-order valence-electron chi connectivity index (χ1n) is 12.2. The highest BCUT2D eigenvalue weighted by Gasteiger charge is 2.42. The van der Waals surface area contributed by atoms with Crippen molar-refractivity contribution < 1.29 is 27.5 Å². The molecule has 2 aromatic rings. The van der Waals surface area contributed by atoms with Gasteiger partial charge in [-0.25, -0.2) is 9.79 Å². The molecule has 0 radical (unpaired) electrons. The SMILES string of the molecule is CCOC(=O)C1=C(c2ccccc2)N=C2SC=C(CC(=O)NCC(C)C)N2[C@@H]1c1ccc(C(F)(F)F)cc1. The van der Waals surface area contributed by atoms with Crippen molar-refractivity contribution in [1.29, 1.82) is 0 Å². The monoisotopic (exact) mass is 543 g/mol. The first-order valence-corrected chi connectivity index (χ1v) is 13.1. The summed E-state index contributed by atoms with van der Waals surface area (Å²) in [6.07, 6.45) is -4.48. The van der Waals surface area contributed by atoms with Crippen LogP contribution in [0, 0.1) is 5.92 Å². The Bertz CT molecular complexity index is 1290. The van der Waals surface area contributed by atoms with Crippen LogP contribution in [-0.4, -0.2) is 35.1 Å². The van der Waals surface area contributed by atoms with E-state index in [-0.39, 0.29) is 30.4 Å². The van der Waals surface area contributed by atoms with Gasteiger partial charge in [0, 0.05) is 17.8 Å². The topological polar surface area (TPSA) is 71.0 Å². The van der Waals surface area contributed by atoms with Gasteiger partial charge in [0.25, 0.3) is 0 Å². The van der Waals surface area contributed by atoms with Gasteiger partial charge in [0.1, 0.15) is 0 Å². The van der Waals surface area contributed by atoms with Crippen molar-refractivity contribution in [3.63, 3.8) is 0 Å². The third-order valence-corrected chi connectivity index (χ3v) is 6.84. The van der Waals surface area contributed by atoms with E-state index in [0.717, 1.165) is 12.1 Å². The molecule has 1 N–H and O–H groups in total. The molecule has 38 heavy (non-hydrogen) atoms. The summed E-state index contributed by atoms with van der Waals surface area (Å²) in [5.74, 6) is -0.558. The number of carbonyl (C=O) groups excluding carboxylic acids is 2. The Kier molecular flexibility index (Phi) is 8.30. The van der Waals surface area contributed by atoms with Crippen LogP contribution in [0.15, 0.2) is 76.3 Å². The lowest BCUT2D eigenvalue weighted by Gasteiger charge is -2.37. The van der Waals surface area contributed by atoms with Gasteiger partial charge in [-0.1, -0.05) is 68.1 Å². The van der Waals surface area contributed by atoms with Gasteiger partial charge in [-0.2, -0.15) is 13.2 Å². The molecule has 2 heterocycles. The molecule has 0 aromatic heterocycles. The highest BCUT2D eigenvalue weighted by molar-refractivity contribution is 8.16. The number of alkyl halides is 3. The third kappa shape index (κ3) is 5.96. The quantitative estimate of drug-likeness (QED) is 0.405. The molecule has 1 amide bonds. The fraction of sp³-hybridized carbons (Fsp3) is 0.321. The third-order valence-electron chi connectivity index (χ3n) is 5.96. The summed E-state index contributed by atoms with van der Waals surface area (Å²) in [6, 6.07) is 12.9. The summed E-state index contributed by atoms with van der Waals surface area (Å²) in [7, 11) is 0. The molecular weight excluding hydrogens is 515 g/mol. The predicted molar refractivity (Wildman–Crippen MR) is 142 cm³/mol. The van der Waals surface area contributed by atoms with Crippen LogP contribution in [0.5, 0.6) is 0 Å². The minimum absolute atomic E-state index is 0.0205. The number of amidine groups is 1. The van der Waals surface area contributed by atoms with E-state index in [2.05, 4.69) is 5.32 Å².